The molecule has 0 spiro atoms. The van der Waals surface area contributed by atoms with E-state index in [9.17, 15) is 18.0 Å². The second-order valence-electron chi connectivity index (χ2n) is 8.71. The van der Waals surface area contributed by atoms with E-state index in [4.69, 9.17) is 4.74 Å². The van der Waals surface area contributed by atoms with E-state index >= 15 is 4.39 Å². The molecule has 0 aliphatic heterocycles. The number of nitrogens with one attached hydrogen (secondary N) is 3. The lowest BCUT2D eigenvalue weighted by Gasteiger charge is -2.19. The predicted octanol–water partition coefficient (Wildman–Crippen LogP) is 4.08. The van der Waals surface area contributed by atoms with Crippen molar-refractivity contribution in [2.75, 3.05) is 5.32 Å². The van der Waals surface area contributed by atoms with E-state index in [0.717, 1.165) is 18.9 Å². The molecule has 0 radical (unpaired) electrons. The molecule has 0 unspecified atom stereocenters. The first-order chi connectivity index (χ1) is 15.6. The topological polar surface area (TPSA) is 109 Å². The van der Waals surface area contributed by atoms with E-state index in [0.29, 0.717) is 18.5 Å². The Labute approximate surface area is 184 Å². The Morgan fingerprint density at radius 1 is 1.30 bits per heavy atom. The minimum atomic E-state index is -4.65. The standard InChI is InChI=1S/C20H21F4N7O2/c1-19(4-5-19)28-18(32)33-12-3-2-10(16(12)21)11-8-14(30-29-11)27-17-26-13(20(22,23)24)9-15-25-6-7-31(15)17/h6-10,12,16H,2-5H2,1H3,(H,28,32)(H2,26,27,29,30)/t10-,12-,16-/m0/s1. The summed E-state index contributed by atoms with van der Waals surface area (Å²) in [6.45, 7) is 1.90. The number of hydrogen-bond acceptors (Lipinski definition) is 6. The number of amides is 1. The van der Waals surface area contributed by atoms with Gasteiger partial charge in [-0.05, 0) is 32.6 Å². The van der Waals surface area contributed by atoms with Crippen molar-refractivity contribution < 1.29 is 27.1 Å². The molecule has 3 aromatic rings. The Morgan fingerprint density at radius 2 is 2.09 bits per heavy atom. The molecule has 3 N–H and O–H groups in total. The molecule has 3 heterocycles. The second-order valence-corrected chi connectivity index (χ2v) is 8.71. The molecule has 2 aliphatic rings. The molecule has 2 fully saturated rings. The summed E-state index contributed by atoms with van der Waals surface area (Å²) in [6.07, 6.45) is -2.29. The molecule has 2 saturated carbocycles. The van der Waals surface area contributed by atoms with Crippen molar-refractivity contribution in [3.8, 4) is 0 Å². The number of imidazole rings is 1. The van der Waals surface area contributed by atoms with Gasteiger partial charge in [-0.3, -0.25) is 9.50 Å². The minimum Gasteiger partial charge on any atom is -0.443 e. The van der Waals surface area contributed by atoms with Gasteiger partial charge in [0, 0.05) is 41.7 Å². The number of alkyl halides is 4. The number of carbonyl (C=O) groups excluding carboxylic acids is 1. The fourth-order valence-electron chi connectivity index (χ4n) is 3.96. The summed E-state index contributed by atoms with van der Waals surface area (Å²) in [5, 5.41) is 12.2. The summed E-state index contributed by atoms with van der Waals surface area (Å²) in [6, 6.07) is 2.35. The predicted molar refractivity (Wildman–Crippen MR) is 108 cm³/mol. The molecule has 33 heavy (non-hydrogen) atoms. The molecule has 0 saturated heterocycles. The summed E-state index contributed by atoms with van der Waals surface area (Å²) in [4.78, 5) is 19.5. The normalized spacial score (nSPS) is 24.1. The Balaban J connectivity index is 1.29. The molecular weight excluding hydrogens is 446 g/mol. The second kappa shape index (κ2) is 7.59. The van der Waals surface area contributed by atoms with Crippen LogP contribution in [0.4, 0.5) is 34.1 Å². The first kappa shape index (κ1) is 21.5. The van der Waals surface area contributed by atoms with E-state index in [-0.39, 0.29) is 23.0 Å². The van der Waals surface area contributed by atoms with Gasteiger partial charge in [-0.2, -0.15) is 18.3 Å². The number of nitrogens with zero attached hydrogens (tertiary/aromatic N) is 4. The number of rotatable bonds is 5. The van der Waals surface area contributed by atoms with Crippen LogP contribution < -0.4 is 10.6 Å². The molecule has 0 aromatic carbocycles. The Morgan fingerprint density at radius 3 is 2.82 bits per heavy atom. The Hall–Kier alpha value is -3.38. The van der Waals surface area contributed by atoms with Crippen molar-refractivity contribution in [1.82, 2.24) is 29.9 Å². The van der Waals surface area contributed by atoms with Crippen molar-refractivity contribution in [2.24, 2.45) is 0 Å². The van der Waals surface area contributed by atoms with E-state index in [1.807, 2.05) is 6.92 Å². The number of alkyl carbamates (subject to hydrolysis) is 1. The summed E-state index contributed by atoms with van der Waals surface area (Å²) >= 11 is 0. The summed E-state index contributed by atoms with van der Waals surface area (Å²) in [5.74, 6) is -0.557. The SMILES string of the molecule is CC1(NC(=O)O[C@H]2CC[C@@H](c3cc(Nc4nc(C(F)(F)F)cc5nccn45)n[nH]3)[C@@H]2F)CC1. The molecule has 176 valence electrons. The number of aromatic nitrogens is 5. The fraction of sp³-hybridized carbons (Fsp3) is 0.500. The third-order valence-electron chi connectivity index (χ3n) is 6.08. The fourth-order valence-corrected chi connectivity index (χ4v) is 3.96. The van der Waals surface area contributed by atoms with Crippen molar-refractivity contribution in [3.05, 3.63) is 35.9 Å². The zero-order chi connectivity index (χ0) is 23.4. The van der Waals surface area contributed by atoms with Crippen molar-refractivity contribution in [1.29, 1.82) is 0 Å². The number of anilines is 2. The number of ether oxygens (including phenoxy) is 1. The van der Waals surface area contributed by atoms with E-state index in [1.54, 1.807) is 0 Å². The van der Waals surface area contributed by atoms with Gasteiger partial charge in [0.25, 0.3) is 0 Å². The molecular formula is C20H21F4N7O2. The van der Waals surface area contributed by atoms with Gasteiger partial charge in [-0.1, -0.05) is 0 Å². The van der Waals surface area contributed by atoms with Crippen LogP contribution in [0.5, 0.6) is 0 Å². The molecule has 5 rings (SSSR count). The van der Waals surface area contributed by atoms with Gasteiger partial charge < -0.3 is 15.4 Å². The summed E-state index contributed by atoms with van der Waals surface area (Å²) in [5.41, 5.74) is -0.853. The Bertz CT molecular complexity index is 1190. The monoisotopic (exact) mass is 467 g/mol. The maximum absolute atomic E-state index is 15.0. The summed E-state index contributed by atoms with van der Waals surface area (Å²) < 4.78 is 61.2. The first-order valence-electron chi connectivity index (χ1n) is 10.5. The van der Waals surface area contributed by atoms with E-state index < -0.39 is 36.2 Å². The van der Waals surface area contributed by atoms with Crippen molar-refractivity contribution in [3.63, 3.8) is 0 Å². The zero-order valence-corrected chi connectivity index (χ0v) is 17.5. The summed E-state index contributed by atoms with van der Waals surface area (Å²) in [7, 11) is 0. The third-order valence-corrected chi connectivity index (χ3v) is 6.08. The van der Waals surface area contributed by atoms with Crippen LogP contribution in [-0.2, 0) is 10.9 Å². The van der Waals surface area contributed by atoms with Crippen molar-refractivity contribution >= 4 is 23.5 Å². The molecule has 3 atom stereocenters. The quantitative estimate of drug-likeness (QED) is 0.488. The van der Waals surface area contributed by atoms with Crippen LogP contribution in [0.3, 0.4) is 0 Å². The zero-order valence-electron chi connectivity index (χ0n) is 17.5. The van der Waals surface area contributed by atoms with Gasteiger partial charge in [0.1, 0.15) is 17.9 Å². The molecule has 3 aromatic heterocycles. The molecule has 9 nitrogen and oxygen atoms in total. The Kier molecular flexibility index (Phi) is 4.94. The number of aromatic amines is 1. The lowest BCUT2D eigenvalue weighted by molar-refractivity contribution is -0.141. The van der Waals surface area contributed by atoms with Gasteiger partial charge >= 0.3 is 12.3 Å². The van der Waals surface area contributed by atoms with Gasteiger partial charge in [0.2, 0.25) is 5.95 Å². The van der Waals surface area contributed by atoms with E-state index in [1.165, 1.54) is 22.9 Å². The van der Waals surface area contributed by atoms with Crippen molar-refractivity contribution in [2.45, 2.75) is 62.5 Å². The number of carbonyl (C=O) groups is 1. The lowest BCUT2D eigenvalue weighted by Crippen LogP contribution is -2.38. The van der Waals surface area contributed by atoms with Crippen LogP contribution in [0.15, 0.2) is 24.5 Å². The highest BCUT2D eigenvalue weighted by Crippen LogP contribution is 2.39. The highest BCUT2D eigenvalue weighted by Gasteiger charge is 2.43. The van der Waals surface area contributed by atoms with Gasteiger partial charge in [-0.25, -0.2) is 19.2 Å². The van der Waals surface area contributed by atoms with Crippen LogP contribution in [0.25, 0.3) is 5.65 Å². The number of hydrogen-bond donors (Lipinski definition) is 3. The largest absolute Gasteiger partial charge is 0.443 e. The minimum absolute atomic E-state index is 0.0634. The highest BCUT2D eigenvalue weighted by molar-refractivity contribution is 5.69. The maximum atomic E-state index is 15.0. The number of H-pyrrole nitrogens is 1. The number of halogens is 4. The average Bonchev–Trinajstić information content (AvgIpc) is 3.13. The third kappa shape index (κ3) is 4.31. The van der Waals surface area contributed by atoms with Crippen LogP contribution in [0, 0.1) is 0 Å². The molecule has 13 heteroatoms. The maximum Gasteiger partial charge on any atom is 0.433 e. The van der Waals surface area contributed by atoms with Gasteiger partial charge in [-0.15, -0.1) is 0 Å². The lowest BCUT2D eigenvalue weighted by atomic mass is 10.0. The van der Waals surface area contributed by atoms with Crippen LogP contribution in [0.2, 0.25) is 0 Å². The van der Waals surface area contributed by atoms with E-state index in [2.05, 4.69) is 30.8 Å². The van der Waals surface area contributed by atoms with Gasteiger partial charge in [0.05, 0.1) is 0 Å². The highest BCUT2D eigenvalue weighted by atomic mass is 19.4. The average molecular weight is 467 g/mol. The first-order valence-corrected chi connectivity index (χ1v) is 10.5. The van der Waals surface area contributed by atoms with Crippen LogP contribution in [-0.4, -0.2) is 48.5 Å². The number of fused-ring (bicyclic) bond motifs is 1. The van der Waals surface area contributed by atoms with Crippen LogP contribution in [0.1, 0.15) is 49.9 Å². The van der Waals surface area contributed by atoms with Crippen LogP contribution >= 0.6 is 0 Å². The van der Waals surface area contributed by atoms with Gasteiger partial charge in [0.15, 0.2) is 11.5 Å². The molecule has 1 amide bonds. The molecule has 2 aliphatic carbocycles. The smallest absolute Gasteiger partial charge is 0.433 e. The molecule has 0 bridgehead atoms.